The van der Waals surface area contributed by atoms with Gasteiger partial charge in [-0.2, -0.15) is 0 Å². The van der Waals surface area contributed by atoms with E-state index in [1.807, 2.05) is 31.2 Å². The molecule has 16 heavy (non-hydrogen) atoms. The van der Waals surface area contributed by atoms with Crippen molar-refractivity contribution in [2.75, 3.05) is 12.4 Å². The normalized spacial score (nSPS) is 12.2. The second-order valence-electron chi connectivity index (χ2n) is 3.59. The summed E-state index contributed by atoms with van der Waals surface area (Å²) in [7, 11) is 1.62. The number of carbonyl (C=O) groups excluding carboxylic acids is 1. The third-order valence-corrected chi connectivity index (χ3v) is 2.35. The Hall–Kier alpha value is -1.39. The number of hydrogen-bond donors (Lipinski definition) is 2. The molecule has 0 heterocycles. The summed E-state index contributed by atoms with van der Waals surface area (Å²) in [5.41, 5.74) is 7.35. The molecular weight excluding hydrogens is 204 g/mol. The maximum Gasteiger partial charge on any atom is 0.241 e. The minimum atomic E-state index is -0.462. The minimum absolute atomic E-state index is 0.161. The van der Waals surface area contributed by atoms with Crippen LogP contribution in [0.1, 0.15) is 18.9 Å². The third-order valence-electron chi connectivity index (χ3n) is 2.35. The molecule has 4 nitrogen and oxygen atoms in total. The zero-order valence-corrected chi connectivity index (χ0v) is 9.69. The average Bonchev–Trinajstić information content (AvgIpc) is 2.31. The first-order valence-corrected chi connectivity index (χ1v) is 5.32. The molecule has 0 saturated carbocycles. The zero-order chi connectivity index (χ0) is 12.0. The second-order valence-corrected chi connectivity index (χ2v) is 3.59. The van der Waals surface area contributed by atoms with Gasteiger partial charge in [0.1, 0.15) is 0 Å². The molecule has 0 saturated heterocycles. The fourth-order valence-corrected chi connectivity index (χ4v) is 1.33. The van der Waals surface area contributed by atoms with E-state index in [-0.39, 0.29) is 5.91 Å². The van der Waals surface area contributed by atoms with Crippen molar-refractivity contribution in [3.8, 4) is 0 Å². The van der Waals surface area contributed by atoms with E-state index in [0.717, 1.165) is 11.3 Å². The van der Waals surface area contributed by atoms with E-state index in [0.29, 0.717) is 13.0 Å². The molecule has 3 N–H and O–H groups in total. The number of anilines is 1. The summed E-state index contributed by atoms with van der Waals surface area (Å²) in [5.74, 6) is -0.161. The van der Waals surface area contributed by atoms with Crippen molar-refractivity contribution in [2.45, 2.75) is 26.0 Å². The summed E-state index contributed by atoms with van der Waals surface area (Å²) in [6.07, 6.45) is 0.623. The van der Waals surface area contributed by atoms with Crippen molar-refractivity contribution in [2.24, 2.45) is 5.73 Å². The summed E-state index contributed by atoms with van der Waals surface area (Å²) in [4.78, 5) is 11.6. The van der Waals surface area contributed by atoms with Gasteiger partial charge in [-0.15, -0.1) is 0 Å². The lowest BCUT2D eigenvalue weighted by molar-refractivity contribution is -0.117. The summed E-state index contributed by atoms with van der Waals surface area (Å²) >= 11 is 0. The van der Waals surface area contributed by atoms with Gasteiger partial charge in [-0.05, 0) is 12.5 Å². The Morgan fingerprint density at radius 2 is 2.19 bits per heavy atom. The van der Waals surface area contributed by atoms with Gasteiger partial charge in [0, 0.05) is 18.4 Å². The maximum atomic E-state index is 11.6. The van der Waals surface area contributed by atoms with Gasteiger partial charge in [-0.25, -0.2) is 0 Å². The Balaban J connectivity index is 2.76. The SMILES string of the molecule is CC[C@@H](N)C(=O)Nc1ccccc1COC. The molecule has 0 bridgehead atoms. The van der Waals surface area contributed by atoms with E-state index >= 15 is 0 Å². The average molecular weight is 222 g/mol. The first-order valence-electron chi connectivity index (χ1n) is 5.32. The van der Waals surface area contributed by atoms with E-state index in [1.165, 1.54) is 0 Å². The van der Waals surface area contributed by atoms with Crippen molar-refractivity contribution in [1.29, 1.82) is 0 Å². The Bertz CT molecular complexity index is 353. The van der Waals surface area contributed by atoms with Crippen LogP contribution >= 0.6 is 0 Å². The van der Waals surface area contributed by atoms with Crippen LogP contribution in [0.2, 0.25) is 0 Å². The Labute approximate surface area is 95.8 Å². The molecule has 1 atom stereocenters. The largest absolute Gasteiger partial charge is 0.380 e. The highest BCUT2D eigenvalue weighted by Crippen LogP contribution is 2.16. The summed E-state index contributed by atoms with van der Waals surface area (Å²) < 4.78 is 5.05. The summed E-state index contributed by atoms with van der Waals surface area (Å²) in [6, 6.07) is 7.07. The number of nitrogens with one attached hydrogen (secondary N) is 1. The van der Waals surface area contributed by atoms with E-state index in [9.17, 15) is 4.79 Å². The van der Waals surface area contributed by atoms with E-state index in [4.69, 9.17) is 10.5 Å². The number of methoxy groups -OCH3 is 1. The fraction of sp³-hybridized carbons (Fsp3) is 0.417. The topological polar surface area (TPSA) is 64.4 Å². The van der Waals surface area contributed by atoms with Gasteiger partial charge in [0.2, 0.25) is 5.91 Å². The molecule has 0 aliphatic heterocycles. The quantitative estimate of drug-likeness (QED) is 0.793. The van der Waals surface area contributed by atoms with Crippen LogP contribution in [-0.4, -0.2) is 19.1 Å². The highest BCUT2D eigenvalue weighted by molar-refractivity contribution is 5.95. The molecule has 0 aliphatic carbocycles. The molecule has 1 amide bonds. The van der Waals surface area contributed by atoms with Gasteiger partial charge >= 0.3 is 0 Å². The van der Waals surface area contributed by atoms with Gasteiger partial charge < -0.3 is 15.8 Å². The molecule has 0 aliphatic rings. The predicted octanol–water partition coefficient (Wildman–Crippen LogP) is 1.51. The van der Waals surface area contributed by atoms with Crippen molar-refractivity contribution >= 4 is 11.6 Å². The number of nitrogens with two attached hydrogens (primary N) is 1. The Morgan fingerprint density at radius 1 is 1.50 bits per heavy atom. The number of rotatable bonds is 5. The number of carbonyl (C=O) groups is 1. The van der Waals surface area contributed by atoms with Crippen LogP contribution in [0.25, 0.3) is 0 Å². The van der Waals surface area contributed by atoms with Crippen LogP contribution in [-0.2, 0) is 16.1 Å². The zero-order valence-electron chi connectivity index (χ0n) is 9.69. The van der Waals surface area contributed by atoms with E-state index in [2.05, 4.69) is 5.32 Å². The number of ether oxygens (including phenoxy) is 1. The smallest absolute Gasteiger partial charge is 0.241 e. The lowest BCUT2D eigenvalue weighted by Gasteiger charge is -2.13. The van der Waals surface area contributed by atoms with E-state index < -0.39 is 6.04 Å². The van der Waals surface area contributed by atoms with E-state index in [1.54, 1.807) is 7.11 Å². The molecule has 1 aromatic rings. The first-order chi connectivity index (χ1) is 7.69. The van der Waals surface area contributed by atoms with Crippen LogP contribution in [0.15, 0.2) is 24.3 Å². The number of benzene rings is 1. The standard InChI is InChI=1S/C12H18N2O2/c1-3-10(13)12(15)14-11-7-5-4-6-9(11)8-16-2/h4-7,10H,3,8,13H2,1-2H3,(H,14,15)/t10-/m1/s1. The predicted molar refractivity (Wildman–Crippen MR) is 64.1 cm³/mol. The van der Waals surface area contributed by atoms with Crippen LogP contribution in [0.5, 0.6) is 0 Å². The van der Waals surface area contributed by atoms with Gasteiger partial charge in [-0.1, -0.05) is 25.1 Å². The number of amides is 1. The van der Waals surface area contributed by atoms with Crippen LogP contribution in [0, 0.1) is 0 Å². The summed E-state index contributed by atoms with van der Waals surface area (Å²) in [6.45, 7) is 2.35. The number of hydrogen-bond acceptors (Lipinski definition) is 3. The third kappa shape index (κ3) is 3.32. The Morgan fingerprint density at radius 3 is 2.81 bits per heavy atom. The molecule has 0 fully saturated rings. The Kier molecular flexibility index (Phi) is 4.95. The molecule has 88 valence electrons. The lowest BCUT2D eigenvalue weighted by Crippen LogP contribution is -2.35. The maximum absolute atomic E-state index is 11.6. The molecule has 1 rings (SSSR count). The molecule has 0 spiro atoms. The van der Waals surface area contributed by atoms with Gasteiger partial charge in [-0.3, -0.25) is 4.79 Å². The van der Waals surface area contributed by atoms with Gasteiger partial charge in [0.15, 0.2) is 0 Å². The van der Waals surface area contributed by atoms with Crippen molar-refractivity contribution < 1.29 is 9.53 Å². The monoisotopic (exact) mass is 222 g/mol. The van der Waals surface area contributed by atoms with Crippen LogP contribution < -0.4 is 11.1 Å². The molecule has 4 heteroatoms. The second kappa shape index (κ2) is 6.25. The summed E-state index contributed by atoms with van der Waals surface area (Å²) in [5, 5.41) is 2.80. The van der Waals surface area contributed by atoms with Gasteiger partial charge in [0.05, 0.1) is 12.6 Å². The van der Waals surface area contributed by atoms with Crippen molar-refractivity contribution in [1.82, 2.24) is 0 Å². The van der Waals surface area contributed by atoms with Crippen LogP contribution in [0.4, 0.5) is 5.69 Å². The fourth-order valence-electron chi connectivity index (χ4n) is 1.33. The van der Waals surface area contributed by atoms with Crippen molar-refractivity contribution in [3.63, 3.8) is 0 Å². The minimum Gasteiger partial charge on any atom is -0.380 e. The lowest BCUT2D eigenvalue weighted by atomic mass is 10.1. The number of para-hydroxylation sites is 1. The molecule has 0 radical (unpaired) electrons. The molecule has 0 unspecified atom stereocenters. The molecule has 0 aromatic heterocycles. The molecular formula is C12H18N2O2. The highest BCUT2D eigenvalue weighted by atomic mass is 16.5. The molecule has 1 aromatic carbocycles. The van der Waals surface area contributed by atoms with Gasteiger partial charge in [0.25, 0.3) is 0 Å². The highest BCUT2D eigenvalue weighted by Gasteiger charge is 2.12. The van der Waals surface area contributed by atoms with Crippen LogP contribution in [0.3, 0.4) is 0 Å². The first kappa shape index (κ1) is 12.7. The van der Waals surface area contributed by atoms with Crippen molar-refractivity contribution in [3.05, 3.63) is 29.8 Å².